The summed E-state index contributed by atoms with van der Waals surface area (Å²) in [7, 11) is 1.84. The normalized spacial score (nSPS) is 34.0. The van der Waals surface area contributed by atoms with E-state index in [9.17, 15) is 0 Å². The second-order valence-corrected chi connectivity index (χ2v) is 6.44. The van der Waals surface area contributed by atoms with Crippen molar-refractivity contribution < 1.29 is 4.74 Å². The van der Waals surface area contributed by atoms with Crippen LogP contribution in [0.2, 0.25) is 0 Å². The van der Waals surface area contributed by atoms with Gasteiger partial charge in [-0.3, -0.25) is 4.90 Å². The van der Waals surface area contributed by atoms with Crippen molar-refractivity contribution >= 4 is 0 Å². The van der Waals surface area contributed by atoms with Gasteiger partial charge in [-0.15, -0.1) is 0 Å². The van der Waals surface area contributed by atoms with Gasteiger partial charge in [-0.05, 0) is 58.2 Å². The van der Waals surface area contributed by atoms with Gasteiger partial charge >= 0.3 is 0 Å². The molecule has 2 saturated heterocycles. The molecule has 0 amide bonds. The van der Waals surface area contributed by atoms with Gasteiger partial charge in [0.1, 0.15) is 0 Å². The van der Waals surface area contributed by atoms with Crippen molar-refractivity contribution in [3.8, 4) is 0 Å². The first-order valence-electron chi connectivity index (χ1n) is 8.49. The number of likely N-dealkylation sites (tertiary alicyclic amines) is 2. The Morgan fingerprint density at radius 2 is 2.00 bits per heavy atom. The number of hydrogen-bond donors (Lipinski definition) is 1. The second-order valence-electron chi connectivity index (χ2n) is 6.44. The molecule has 0 radical (unpaired) electrons. The average molecular weight is 283 g/mol. The molecule has 4 nitrogen and oxygen atoms in total. The largest absolute Gasteiger partial charge is 0.381 e. The predicted molar refractivity (Wildman–Crippen MR) is 83.9 cm³/mol. The summed E-state index contributed by atoms with van der Waals surface area (Å²) in [6.45, 7) is 8.03. The van der Waals surface area contributed by atoms with E-state index >= 15 is 0 Å². The average Bonchev–Trinajstić information content (AvgIpc) is 2.72. The van der Waals surface area contributed by atoms with Crippen LogP contribution in [0.3, 0.4) is 0 Å². The minimum absolute atomic E-state index is 0.419. The summed E-state index contributed by atoms with van der Waals surface area (Å²) >= 11 is 0. The predicted octanol–water partition coefficient (Wildman–Crippen LogP) is 1.69. The standard InChI is InChI=1S/C16H33N3O/c1-3-8-18-9-4-5-14(6-10-18)19-11-7-16(20-2)12-15(19)13-17/h14-16H,3-13,17H2,1-2H3. The molecule has 2 heterocycles. The molecule has 2 fully saturated rings. The Labute approximate surface area is 124 Å². The molecule has 0 spiro atoms. The molecule has 3 atom stereocenters. The molecule has 2 aliphatic heterocycles. The molecular weight excluding hydrogens is 250 g/mol. The Hall–Kier alpha value is -0.160. The van der Waals surface area contributed by atoms with E-state index in [0.29, 0.717) is 12.1 Å². The Morgan fingerprint density at radius 1 is 1.15 bits per heavy atom. The van der Waals surface area contributed by atoms with E-state index in [1.165, 1.54) is 58.3 Å². The number of piperidine rings is 1. The van der Waals surface area contributed by atoms with Crippen LogP contribution >= 0.6 is 0 Å². The highest BCUT2D eigenvalue weighted by molar-refractivity contribution is 4.88. The van der Waals surface area contributed by atoms with Gasteiger partial charge in [0.05, 0.1) is 6.10 Å². The Balaban J connectivity index is 1.89. The number of ether oxygens (including phenoxy) is 1. The fourth-order valence-electron chi connectivity index (χ4n) is 3.97. The topological polar surface area (TPSA) is 41.7 Å². The van der Waals surface area contributed by atoms with Crippen molar-refractivity contribution in [3.05, 3.63) is 0 Å². The lowest BCUT2D eigenvalue weighted by atomic mass is 9.95. The summed E-state index contributed by atoms with van der Waals surface area (Å²) in [6.07, 6.45) is 7.97. The van der Waals surface area contributed by atoms with Crippen LogP contribution in [0.5, 0.6) is 0 Å². The number of nitrogens with two attached hydrogens (primary N) is 1. The number of methoxy groups -OCH3 is 1. The molecule has 4 heteroatoms. The molecule has 20 heavy (non-hydrogen) atoms. The number of rotatable bonds is 5. The summed E-state index contributed by atoms with van der Waals surface area (Å²) in [5.74, 6) is 0. The van der Waals surface area contributed by atoms with Crippen molar-refractivity contribution in [2.24, 2.45) is 5.73 Å². The van der Waals surface area contributed by atoms with Crippen molar-refractivity contribution in [2.45, 2.75) is 63.6 Å². The molecule has 0 aromatic rings. The summed E-state index contributed by atoms with van der Waals surface area (Å²) in [6, 6.07) is 1.26. The van der Waals surface area contributed by atoms with Crippen molar-refractivity contribution in [2.75, 3.05) is 39.8 Å². The maximum Gasteiger partial charge on any atom is 0.0599 e. The lowest BCUT2D eigenvalue weighted by Crippen LogP contribution is -2.53. The van der Waals surface area contributed by atoms with Gasteiger partial charge in [0.2, 0.25) is 0 Å². The first-order chi connectivity index (χ1) is 9.78. The van der Waals surface area contributed by atoms with Crippen molar-refractivity contribution in [3.63, 3.8) is 0 Å². The van der Waals surface area contributed by atoms with Crippen LogP contribution in [-0.2, 0) is 4.74 Å². The molecule has 2 rings (SSSR count). The molecule has 3 unspecified atom stereocenters. The zero-order valence-corrected chi connectivity index (χ0v) is 13.4. The van der Waals surface area contributed by atoms with E-state index in [1.54, 1.807) is 0 Å². The van der Waals surface area contributed by atoms with E-state index in [2.05, 4.69) is 16.7 Å². The SMILES string of the molecule is CCCN1CCCC(N2CCC(OC)CC2CN)CC1. The van der Waals surface area contributed by atoms with Crippen molar-refractivity contribution in [1.29, 1.82) is 0 Å². The highest BCUT2D eigenvalue weighted by Crippen LogP contribution is 2.26. The van der Waals surface area contributed by atoms with Gasteiger partial charge in [0.25, 0.3) is 0 Å². The Kier molecular flexibility index (Phi) is 6.75. The van der Waals surface area contributed by atoms with E-state index in [0.717, 1.165) is 19.0 Å². The summed E-state index contributed by atoms with van der Waals surface area (Å²) in [4.78, 5) is 5.34. The monoisotopic (exact) mass is 283 g/mol. The fourth-order valence-corrected chi connectivity index (χ4v) is 3.97. The quantitative estimate of drug-likeness (QED) is 0.834. The zero-order valence-electron chi connectivity index (χ0n) is 13.4. The highest BCUT2D eigenvalue weighted by Gasteiger charge is 2.32. The second kappa shape index (κ2) is 8.32. The third-order valence-corrected chi connectivity index (χ3v) is 5.12. The molecule has 0 aliphatic carbocycles. The van der Waals surface area contributed by atoms with E-state index < -0.39 is 0 Å². The lowest BCUT2D eigenvalue weighted by molar-refractivity contribution is -0.00673. The molecule has 0 aromatic carbocycles. The number of hydrogen-bond acceptors (Lipinski definition) is 4. The smallest absolute Gasteiger partial charge is 0.0599 e. The molecule has 2 N–H and O–H groups in total. The third-order valence-electron chi connectivity index (χ3n) is 5.12. The van der Waals surface area contributed by atoms with Crippen LogP contribution in [0.4, 0.5) is 0 Å². The Morgan fingerprint density at radius 3 is 2.70 bits per heavy atom. The highest BCUT2D eigenvalue weighted by atomic mass is 16.5. The van der Waals surface area contributed by atoms with Crippen LogP contribution in [0.25, 0.3) is 0 Å². The minimum atomic E-state index is 0.419. The van der Waals surface area contributed by atoms with Crippen molar-refractivity contribution in [1.82, 2.24) is 9.80 Å². The van der Waals surface area contributed by atoms with E-state index in [-0.39, 0.29) is 0 Å². The van der Waals surface area contributed by atoms with Crippen LogP contribution in [0, 0.1) is 0 Å². The fraction of sp³-hybridized carbons (Fsp3) is 1.00. The van der Waals surface area contributed by atoms with Gasteiger partial charge in [0.15, 0.2) is 0 Å². The van der Waals surface area contributed by atoms with E-state index in [4.69, 9.17) is 10.5 Å². The molecule has 2 aliphatic rings. The van der Waals surface area contributed by atoms with Crippen LogP contribution in [-0.4, -0.2) is 67.8 Å². The maximum atomic E-state index is 6.02. The summed E-state index contributed by atoms with van der Waals surface area (Å²) in [5.41, 5.74) is 6.02. The first-order valence-corrected chi connectivity index (χ1v) is 8.49. The first kappa shape index (κ1) is 16.2. The van der Waals surface area contributed by atoms with Gasteiger partial charge in [-0.2, -0.15) is 0 Å². The Bertz CT molecular complexity index is 274. The molecule has 0 aromatic heterocycles. The summed E-state index contributed by atoms with van der Waals surface area (Å²) in [5, 5.41) is 0. The van der Waals surface area contributed by atoms with Crippen LogP contribution < -0.4 is 5.73 Å². The zero-order chi connectivity index (χ0) is 14.4. The molecular formula is C16H33N3O. The summed E-state index contributed by atoms with van der Waals surface area (Å²) < 4.78 is 5.54. The van der Waals surface area contributed by atoms with E-state index in [1.807, 2.05) is 7.11 Å². The van der Waals surface area contributed by atoms with Crippen LogP contribution in [0.15, 0.2) is 0 Å². The van der Waals surface area contributed by atoms with Gasteiger partial charge in [-0.25, -0.2) is 0 Å². The molecule has 118 valence electrons. The lowest BCUT2D eigenvalue weighted by Gasteiger charge is -2.43. The van der Waals surface area contributed by atoms with Gasteiger partial charge < -0.3 is 15.4 Å². The minimum Gasteiger partial charge on any atom is -0.381 e. The number of nitrogens with zero attached hydrogens (tertiary/aromatic N) is 2. The molecule has 0 bridgehead atoms. The van der Waals surface area contributed by atoms with Crippen LogP contribution in [0.1, 0.15) is 45.4 Å². The maximum absolute atomic E-state index is 6.02. The molecule has 0 saturated carbocycles. The van der Waals surface area contributed by atoms with Gasteiger partial charge in [-0.1, -0.05) is 6.92 Å². The van der Waals surface area contributed by atoms with Gasteiger partial charge in [0, 0.05) is 32.3 Å². The third kappa shape index (κ3) is 4.17.